The van der Waals surface area contributed by atoms with Gasteiger partial charge in [-0.1, -0.05) is 18.2 Å². The van der Waals surface area contributed by atoms with Gasteiger partial charge in [0.25, 0.3) is 0 Å². The van der Waals surface area contributed by atoms with Crippen LogP contribution in [0, 0.1) is 17.2 Å². The number of nitrogens with zero attached hydrogens (tertiary/aromatic N) is 2. The minimum absolute atomic E-state index is 0.106. The predicted molar refractivity (Wildman–Crippen MR) is 130 cm³/mol. The van der Waals surface area contributed by atoms with Crippen molar-refractivity contribution in [3.05, 3.63) is 89.8 Å². The molecule has 7 heteroatoms. The first-order valence-corrected chi connectivity index (χ1v) is 11.4. The quantitative estimate of drug-likeness (QED) is 0.519. The number of carbonyl (C=O) groups excluding carboxylic acids is 1. The molecule has 5 rings (SSSR count). The number of amides is 1. The average Bonchev–Trinajstić information content (AvgIpc) is 3.60. The number of aliphatic carboxylic acids is 1. The van der Waals surface area contributed by atoms with E-state index in [2.05, 4.69) is 22.4 Å². The minimum Gasteiger partial charge on any atom is -0.493 e. The molecule has 1 fully saturated rings. The van der Waals surface area contributed by atoms with Gasteiger partial charge >= 0.3 is 5.97 Å². The van der Waals surface area contributed by atoms with Crippen LogP contribution in [0.4, 0.5) is 5.69 Å². The Balaban J connectivity index is 1.41. The molecule has 1 amide bonds. The summed E-state index contributed by atoms with van der Waals surface area (Å²) in [6.07, 6.45) is 7.91. The van der Waals surface area contributed by atoms with E-state index in [0.717, 1.165) is 46.9 Å². The van der Waals surface area contributed by atoms with E-state index in [-0.39, 0.29) is 17.2 Å². The molecule has 1 saturated carbocycles. The SMILES string of the molecule is N#Cc1ccc(CC=CC(=O)O)c(NC(=O)[C@@H]2C[C@]23CCOc2ccc(-c4ccncc4)cc23)c1. The number of aromatic nitrogens is 1. The molecule has 3 aromatic rings. The van der Waals surface area contributed by atoms with Crippen molar-refractivity contribution in [2.24, 2.45) is 5.92 Å². The number of hydrogen-bond donors (Lipinski definition) is 2. The number of ether oxygens (including phenoxy) is 1. The molecule has 2 atom stereocenters. The van der Waals surface area contributed by atoms with Crippen LogP contribution in [0.3, 0.4) is 0 Å². The summed E-state index contributed by atoms with van der Waals surface area (Å²) < 4.78 is 5.91. The molecule has 1 aromatic heterocycles. The summed E-state index contributed by atoms with van der Waals surface area (Å²) in [5.74, 6) is -0.541. The summed E-state index contributed by atoms with van der Waals surface area (Å²) in [4.78, 5) is 28.3. The Hall–Kier alpha value is -4.44. The number of anilines is 1. The number of carbonyl (C=O) groups is 2. The van der Waals surface area contributed by atoms with E-state index in [1.54, 1.807) is 30.6 Å². The number of fused-ring (bicyclic) bond motifs is 2. The van der Waals surface area contributed by atoms with Gasteiger partial charge in [0.15, 0.2) is 0 Å². The van der Waals surface area contributed by atoms with Crippen LogP contribution < -0.4 is 10.1 Å². The van der Waals surface area contributed by atoms with Crippen LogP contribution in [0.15, 0.2) is 73.1 Å². The Morgan fingerprint density at radius 3 is 2.77 bits per heavy atom. The van der Waals surface area contributed by atoms with Gasteiger partial charge in [-0.15, -0.1) is 0 Å². The van der Waals surface area contributed by atoms with Crippen LogP contribution in [-0.2, 0) is 21.4 Å². The topological polar surface area (TPSA) is 112 Å². The highest BCUT2D eigenvalue weighted by molar-refractivity contribution is 5.97. The van der Waals surface area contributed by atoms with Crippen molar-refractivity contribution in [1.82, 2.24) is 4.98 Å². The summed E-state index contributed by atoms with van der Waals surface area (Å²) in [5, 5.41) is 21.2. The van der Waals surface area contributed by atoms with Crippen molar-refractivity contribution in [2.45, 2.75) is 24.7 Å². The zero-order valence-corrected chi connectivity index (χ0v) is 18.9. The van der Waals surface area contributed by atoms with Crippen molar-refractivity contribution in [3.8, 4) is 22.9 Å². The standard InChI is InChI=1S/C28H23N3O4/c29-17-18-4-5-20(2-1-3-26(32)33)24(14-18)31-27(34)23-16-28(23)10-13-35-25-7-6-21(15-22(25)28)19-8-11-30-12-9-19/h1,3-9,11-12,14-15,23H,2,10,13,16H2,(H,31,34)(H,32,33)/t23-,28-/m0/s1. The number of rotatable bonds is 6. The van der Waals surface area contributed by atoms with Gasteiger partial charge in [-0.3, -0.25) is 9.78 Å². The highest BCUT2D eigenvalue weighted by Gasteiger charge is 2.61. The van der Waals surface area contributed by atoms with Crippen molar-refractivity contribution in [1.29, 1.82) is 5.26 Å². The first-order valence-electron chi connectivity index (χ1n) is 11.4. The Bertz CT molecular complexity index is 1380. The van der Waals surface area contributed by atoms with Crippen LogP contribution in [0.5, 0.6) is 5.75 Å². The van der Waals surface area contributed by atoms with Gasteiger partial charge in [0.2, 0.25) is 5.91 Å². The van der Waals surface area contributed by atoms with Crippen molar-refractivity contribution >= 4 is 17.6 Å². The lowest BCUT2D eigenvalue weighted by molar-refractivity contribution is -0.131. The van der Waals surface area contributed by atoms with Gasteiger partial charge < -0.3 is 15.2 Å². The van der Waals surface area contributed by atoms with Gasteiger partial charge in [-0.25, -0.2) is 4.79 Å². The molecule has 1 spiro atoms. The molecule has 0 radical (unpaired) electrons. The number of pyridine rings is 1. The zero-order valence-electron chi connectivity index (χ0n) is 18.9. The second kappa shape index (κ2) is 9.07. The summed E-state index contributed by atoms with van der Waals surface area (Å²) in [6.45, 7) is 0.556. The molecule has 0 saturated heterocycles. The number of carboxylic acid groups (broad SMARTS) is 1. The molecule has 0 bridgehead atoms. The van der Waals surface area contributed by atoms with Crippen LogP contribution in [0.1, 0.15) is 29.5 Å². The summed E-state index contributed by atoms with van der Waals surface area (Å²) in [6, 6.07) is 17.2. The molecular weight excluding hydrogens is 442 g/mol. The van der Waals surface area contributed by atoms with Crippen molar-refractivity contribution in [2.75, 3.05) is 11.9 Å². The molecule has 2 heterocycles. The van der Waals surface area contributed by atoms with Crippen LogP contribution in [-0.4, -0.2) is 28.6 Å². The average molecular weight is 466 g/mol. The first-order chi connectivity index (χ1) is 17.0. The van der Waals surface area contributed by atoms with E-state index >= 15 is 0 Å². The molecule has 2 N–H and O–H groups in total. The lowest BCUT2D eigenvalue weighted by Gasteiger charge is -2.27. The number of benzene rings is 2. The van der Waals surface area contributed by atoms with Crippen molar-refractivity contribution < 1.29 is 19.4 Å². The molecule has 0 unspecified atom stereocenters. The van der Waals surface area contributed by atoms with Crippen LogP contribution in [0.25, 0.3) is 11.1 Å². The highest BCUT2D eigenvalue weighted by Crippen LogP contribution is 2.61. The zero-order chi connectivity index (χ0) is 24.4. The normalized spacial score (nSPS) is 20.0. The number of nitriles is 1. The van der Waals surface area contributed by atoms with Gasteiger partial charge in [0.05, 0.1) is 18.2 Å². The van der Waals surface area contributed by atoms with E-state index in [1.807, 2.05) is 24.3 Å². The molecule has 2 aliphatic rings. The van der Waals surface area contributed by atoms with Gasteiger partial charge in [0, 0.05) is 41.1 Å². The maximum absolute atomic E-state index is 13.4. The molecule has 1 aliphatic carbocycles. The van der Waals surface area contributed by atoms with E-state index < -0.39 is 5.97 Å². The maximum atomic E-state index is 13.4. The first kappa shape index (κ1) is 22.4. The molecular formula is C28H23N3O4. The lowest BCUT2D eigenvalue weighted by Crippen LogP contribution is -2.27. The van der Waals surface area contributed by atoms with E-state index in [0.29, 0.717) is 24.3 Å². The third-order valence-electron chi connectivity index (χ3n) is 6.82. The summed E-state index contributed by atoms with van der Waals surface area (Å²) in [7, 11) is 0. The number of carboxylic acids is 1. The van der Waals surface area contributed by atoms with Crippen molar-refractivity contribution in [3.63, 3.8) is 0 Å². The Labute approximate surface area is 202 Å². The summed E-state index contributed by atoms with van der Waals surface area (Å²) >= 11 is 0. The molecule has 2 aromatic carbocycles. The molecule has 1 aliphatic heterocycles. The van der Waals surface area contributed by atoms with Gasteiger partial charge in [-0.2, -0.15) is 5.26 Å². The fourth-order valence-corrected chi connectivity index (χ4v) is 4.92. The van der Waals surface area contributed by atoms with E-state index in [4.69, 9.17) is 9.84 Å². The second-order valence-corrected chi connectivity index (χ2v) is 8.88. The number of hydrogen-bond acceptors (Lipinski definition) is 5. The maximum Gasteiger partial charge on any atom is 0.327 e. The summed E-state index contributed by atoms with van der Waals surface area (Å²) in [5.41, 5.74) is 4.58. The second-order valence-electron chi connectivity index (χ2n) is 8.88. The Morgan fingerprint density at radius 1 is 1.17 bits per heavy atom. The molecule has 35 heavy (non-hydrogen) atoms. The molecule has 7 nitrogen and oxygen atoms in total. The van der Waals surface area contributed by atoms with Gasteiger partial charge in [0.1, 0.15) is 5.75 Å². The fraction of sp³-hybridized carbons (Fsp3) is 0.214. The third kappa shape index (κ3) is 4.38. The fourth-order valence-electron chi connectivity index (χ4n) is 4.92. The van der Waals surface area contributed by atoms with Gasteiger partial charge in [-0.05, 0) is 72.4 Å². The minimum atomic E-state index is -1.03. The monoisotopic (exact) mass is 465 g/mol. The lowest BCUT2D eigenvalue weighted by atomic mass is 9.85. The highest BCUT2D eigenvalue weighted by atomic mass is 16.5. The van der Waals surface area contributed by atoms with E-state index in [1.165, 1.54) is 6.08 Å². The van der Waals surface area contributed by atoms with Crippen LogP contribution >= 0.6 is 0 Å². The van der Waals surface area contributed by atoms with Crippen LogP contribution in [0.2, 0.25) is 0 Å². The molecule has 174 valence electrons. The predicted octanol–water partition coefficient (Wildman–Crippen LogP) is 4.48. The smallest absolute Gasteiger partial charge is 0.327 e. The van der Waals surface area contributed by atoms with E-state index in [9.17, 15) is 14.9 Å². The number of allylic oxidation sites excluding steroid dienone is 1. The number of nitrogens with one attached hydrogen (secondary N) is 1. The third-order valence-corrected chi connectivity index (χ3v) is 6.82. The Morgan fingerprint density at radius 2 is 2.00 bits per heavy atom. The Kier molecular flexibility index (Phi) is 5.79. The largest absolute Gasteiger partial charge is 0.493 e.